The smallest absolute Gasteiger partial charge is 0.248 e. The second-order valence-electron chi connectivity index (χ2n) is 4.09. The standard InChI is InChI=1S/C15H9Cl2F2NO/c16-11-2-1-3-13(18)10(11)5-7-15(21)20-9-4-6-14(19)12(17)8-9/h1-8H,(H,20,21). The van der Waals surface area contributed by atoms with E-state index < -0.39 is 17.5 Å². The predicted molar refractivity (Wildman–Crippen MR) is 80.5 cm³/mol. The number of benzene rings is 2. The third kappa shape index (κ3) is 4.03. The molecule has 0 radical (unpaired) electrons. The summed E-state index contributed by atoms with van der Waals surface area (Å²) in [5.74, 6) is -1.63. The lowest BCUT2D eigenvalue weighted by Gasteiger charge is -2.03. The fraction of sp³-hybridized carbons (Fsp3) is 0. The third-order valence-corrected chi connectivity index (χ3v) is 3.21. The molecule has 2 rings (SSSR count). The zero-order chi connectivity index (χ0) is 15.4. The van der Waals surface area contributed by atoms with E-state index in [4.69, 9.17) is 23.2 Å². The van der Waals surface area contributed by atoms with Crippen LogP contribution in [0.15, 0.2) is 42.5 Å². The van der Waals surface area contributed by atoms with Crippen LogP contribution in [0, 0.1) is 11.6 Å². The van der Waals surface area contributed by atoms with Crippen molar-refractivity contribution in [3.8, 4) is 0 Å². The molecular weight excluding hydrogens is 319 g/mol. The third-order valence-electron chi connectivity index (χ3n) is 2.59. The van der Waals surface area contributed by atoms with Crippen molar-refractivity contribution in [2.75, 3.05) is 5.32 Å². The molecule has 0 spiro atoms. The summed E-state index contributed by atoms with van der Waals surface area (Å²) in [6.07, 6.45) is 2.39. The molecule has 0 aliphatic rings. The van der Waals surface area contributed by atoms with Crippen LogP contribution in [0.1, 0.15) is 5.56 Å². The molecule has 2 aromatic carbocycles. The number of halogens is 4. The normalized spacial score (nSPS) is 10.9. The van der Waals surface area contributed by atoms with Crippen LogP contribution < -0.4 is 5.32 Å². The van der Waals surface area contributed by atoms with E-state index in [0.29, 0.717) is 5.69 Å². The largest absolute Gasteiger partial charge is 0.322 e. The van der Waals surface area contributed by atoms with Crippen LogP contribution in [-0.4, -0.2) is 5.91 Å². The Morgan fingerprint density at radius 1 is 1.05 bits per heavy atom. The van der Waals surface area contributed by atoms with E-state index in [0.717, 1.165) is 12.1 Å². The molecule has 2 aromatic rings. The Morgan fingerprint density at radius 3 is 2.48 bits per heavy atom. The van der Waals surface area contributed by atoms with Gasteiger partial charge in [-0.2, -0.15) is 0 Å². The van der Waals surface area contributed by atoms with Crippen molar-refractivity contribution >= 4 is 40.9 Å². The van der Waals surface area contributed by atoms with E-state index >= 15 is 0 Å². The lowest BCUT2D eigenvalue weighted by atomic mass is 10.2. The Balaban J connectivity index is 2.11. The highest BCUT2D eigenvalue weighted by molar-refractivity contribution is 6.32. The molecule has 0 fully saturated rings. The van der Waals surface area contributed by atoms with Gasteiger partial charge in [0.2, 0.25) is 5.91 Å². The number of carbonyl (C=O) groups excluding carboxylic acids is 1. The Hall–Kier alpha value is -1.91. The van der Waals surface area contributed by atoms with Crippen molar-refractivity contribution in [3.05, 3.63) is 69.7 Å². The van der Waals surface area contributed by atoms with Gasteiger partial charge in [0, 0.05) is 17.3 Å². The van der Waals surface area contributed by atoms with Crippen LogP contribution in [0.5, 0.6) is 0 Å². The molecule has 0 saturated carbocycles. The number of nitrogens with one attached hydrogen (secondary N) is 1. The van der Waals surface area contributed by atoms with Gasteiger partial charge in [0.15, 0.2) is 0 Å². The van der Waals surface area contributed by atoms with Crippen molar-refractivity contribution in [1.82, 2.24) is 0 Å². The number of anilines is 1. The lowest BCUT2D eigenvalue weighted by molar-refractivity contribution is -0.111. The molecule has 0 saturated heterocycles. The summed E-state index contributed by atoms with van der Waals surface area (Å²) < 4.78 is 26.5. The fourth-order valence-electron chi connectivity index (χ4n) is 1.59. The van der Waals surface area contributed by atoms with Crippen LogP contribution in [0.2, 0.25) is 10.0 Å². The Kier molecular flexibility index (Phi) is 4.94. The number of rotatable bonds is 3. The predicted octanol–water partition coefficient (Wildman–Crippen LogP) is 4.92. The SMILES string of the molecule is O=C(C=Cc1c(F)cccc1Cl)Nc1ccc(F)c(Cl)c1. The first-order chi connectivity index (χ1) is 9.97. The minimum Gasteiger partial charge on any atom is -0.322 e. The maximum Gasteiger partial charge on any atom is 0.248 e. The van der Waals surface area contributed by atoms with E-state index in [-0.39, 0.29) is 15.6 Å². The van der Waals surface area contributed by atoms with Crippen LogP contribution in [0.4, 0.5) is 14.5 Å². The van der Waals surface area contributed by atoms with Crippen LogP contribution >= 0.6 is 23.2 Å². The highest BCUT2D eigenvalue weighted by Crippen LogP contribution is 2.21. The van der Waals surface area contributed by atoms with Gasteiger partial charge < -0.3 is 5.32 Å². The summed E-state index contributed by atoms with van der Waals surface area (Å²) in [6.45, 7) is 0. The van der Waals surface area contributed by atoms with Crippen molar-refractivity contribution in [2.24, 2.45) is 0 Å². The van der Waals surface area contributed by atoms with Crippen LogP contribution in [0.3, 0.4) is 0 Å². The minimum atomic E-state index is -0.580. The molecular formula is C15H9Cl2F2NO. The van der Waals surface area contributed by atoms with Gasteiger partial charge in [-0.25, -0.2) is 8.78 Å². The molecule has 0 aromatic heterocycles. The lowest BCUT2D eigenvalue weighted by Crippen LogP contribution is -2.07. The highest BCUT2D eigenvalue weighted by atomic mass is 35.5. The summed E-state index contributed by atoms with van der Waals surface area (Å²) in [7, 11) is 0. The summed E-state index contributed by atoms with van der Waals surface area (Å²) in [5.41, 5.74) is 0.446. The van der Waals surface area contributed by atoms with Gasteiger partial charge in [-0.15, -0.1) is 0 Å². The molecule has 0 bridgehead atoms. The Morgan fingerprint density at radius 2 is 1.81 bits per heavy atom. The molecule has 0 aliphatic carbocycles. The molecule has 0 heterocycles. The second-order valence-corrected chi connectivity index (χ2v) is 4.90. The first-order valence-electron chi connectivity index (χ1n) is 5.85. The Bertz CT molecular complexity index is 697. The van der Waals surface area contributed by atoms with Crippen molar-refractivity contribution in [1.29, 1.82) is 0 Å². The first-order valence-corrected chi connectivity index (χ1v) is 6.61. The maximum absolute atomic E-state index is 13.5. The van der Waals surface area contributed by atoms with Gasteiger partial charge in [0.25, 0.3) is 0 Å². The van der Waals surface area contributed by atoms with Gasteiger partial charge in [0.05, 0.1) is 10.0 Å². The number of amides is 1. The van der Waals surface area contributed by atoms with Gasteiger partial charge >= 0.3 is 0 Å². The van der Waals surface area contributed by atoms with E-state index in [1.165, 1.54) is 36.4 Å². The highest BCUT2D eigenvalue weighted by Gasteiger charge is 2.05. The zero-order valence-corrected chi connectivity index (χ0v) is 12.1. The monoisotopic (exact) mass is 327 g/mol. The van der Waals surface area contributed by atoms with Crippen LogP contribution in [-0.2, 0) is 4.79 Å². The van der Waals surface area contributed by atoms with Crippen molar-refractivity contribution < 1.29 is 13.6 Å². The summed E-state index contributed by atoms with van der Waals surface area (Å²) in [6, 6.07) is 8.00. The number of carbonyl (C=O) groups is 1. The maximum atomic E-state index is 13.5. The van der Waals surface area contributed by atoms with Crippen molar-refractivity contribution in [2.45, 2.75) is 0 Å². The zero-order valence-electron chi connectivity index (χ0n) is 10.5. The number of hydrogen-bond donors (Lipinski definition) is 1. The molecule has 1 N–H and O–H groups in total. The molecule has 108 valence electrons. The Labute approximate surface area is 130 Å². The molecule has 2 nitrogen and oxygen atoms in total. The molecule has 0 unspecified atom stereocenters. The van der Waals surface area contributed by atoms with Gasteiger partial charge in [-0.1, -0.05) is 29.3 Å². The van der Waals surface area contributed by atoms with E-state index in [1.807, 2.05) is 0 Å². The van der Waals surface area contributed by atoms with Gasteiger partial charge in [-0.05, 0) is 36.4 Å². The van der Waals surface area contributed by atoms with Gasteiger partial charge in [-0.3, -0.25) is 4.79 Å². The van der Waals surface area contributed by atoms with Crippen molar-refractivity contribution in [3.63, 3.8) is 0 Å². The van der Waals surface area contributed by atoms with Crippen LogP contribution in [0.25, 0.3) is 6.08 Å². The molecule has 0 aliphatic heterocycles. The second kappa shape index (κ2) is 6.70. The average molecular weight is 328 g/mol. The van der Waals surface area contributed by atoms with E-state index in [1.54, 1.807) is 0 Å². The topological polar surface area (TPSA) is 29.1 Å². The quantitative estimate of drug-likeness (QED) is 0.796. The summed E-state index contributed by atoms with van der Waals surface area (Å²) >= 11 is 11.4. The molecule has 6 heteroatoms. The number of hydrogen-bond acceptors (Lipinski definition) is 1. The van der Waals surface area contributed by atoms with E-state index in [9.17, 15) is 13.6 Å². The molecule has 1 amide bonds. The summed E-state index contributed by atoms with van der Waals surface area (Å²) in [4.78, 5) is 11.7. The van der Waals surface area contributed by atoms with Gasteiger partial charge in [0.1, 0.15) is 11.6 Å². The van der Waals surface area contributed by atoms with E-state index in [2.05, 4.69) is 5.32 Å². The fourth-order valence-corrected chi connectivity index (χ4v) is 1.99. The minimum absolute atomic E-state index is 0.103. The molecule has 0 atom stereocenters. The molecule has 21 heavy (non-hydrogen) atoms. The average Bonchev–Trinajstić information content (AvgIpc) is 2.42. The summed E-state index contributed by atoms with van der Waals surface area (Å²) in [5, 5.41) is 2.57. The first kappa shape index (κ1) is 15.5.